The van der Waals surface area contributed by atoms with Gasteiger partial charge in [0.2, 0.25) is 6.08 Å². The summed E-state index contributed by atoms with van der Waals surface area (Å²) in [5.74, 6) is 0. The van der Waals surface area contributed by atoms with Crippen molar-refractivity contribution in [3.63, 3.8) is 0 Å². The molecule has 2 rings (SSSR count). The van der Waals surface area contributed by atoms with Gasteiger partial charge in [-0.15, -0.1) is 0 Å². The molecule has 0 heterocycles. The van der Waals surface area contributed by atoms with E-state index in [1.165, 1.54) is 0 Å². The van der Waals surface area contributed by atoms with Gasteiger partial charge >= 0.3 is 0 Å². The van der Waals surface area contributed by atoms with Gasteiger partial charge in [-0.05, 0) is 58.7 Å². The summed E-state index contributed by atoms with van der Waals surface area (Å²) in [5, 5.41) is 2.35. The summed E-state index contributed by atoms with van der Waals surface area (Å²) >= 11 is 4.65. The van der Waals surface area contributed by atoms with Crippen molar-refractivity contribution in [3.8, 4) is 11.1 Å². The average Bonchev–Trinajstić information content (AvgIpc) is 2.55. The summed E-state index contributed by atoms with van der Waals surface area (Å²) in [7, 11) is 0. The second-order valence-electron chi connectivity index (χ2n) is 4.36. The Morgan fingerprint density at radius 1 is 0.909 bits per heavy atom. The molecule has 0 amide bonds. The van der Waals surface area contributed by atoms with E-state index in [1.54, 1.807) is 30.4 Å². The summed E-state index contributed by atoms with van der Waals surface area (Å²) in [4.78, 5) is 18.1. The Kier molecular flexibility index (Phi) is 5.07. The van der Waals surface area contributed by atoms with Crippen molar-refractivity contribution in [1.29, 1.82) is 0 Å². The number of hydrogen-bond donors (Lipinski definition) is 0. The molecule has 2 aromatic rings. The maximum Gasteiger partial charge on any atom is 0.240 e. The maximum absolute atomic E-state index is 10.5. The smallest absolute Gasteiger partial charge is 0.211 e. The molecule has 0 bridgehead atoms. The van der Waals surface area contributed by atoms with E-state index < -0.39 is 0 Å². The molecule has 0 aliphatic rings. The van der Waals surface area contributed by atoms with Crippen molar-refractivity contribution in [2.24, 2.45) is 9.98 Å². The molecule has 0 N–H and O–H groups in total. The lowest BCUT2D eigenvalue weighted by Gasteiger charge is -2.11. The van der Waals surface area contributed by atoms with Gasteiger partial charge in [0.15, 0.2) is 0 Å². The van der Waals surface area contributed by atoms with Crippen LogP contribution in [0.3, 0.4) is 0 Å². The number of isothiocyanates is 1. The van der Waals surface area contributed by atoms with E-state index in [0.29, 0.717) is 11.4 Å². The van der Waals surface area contributed by atoms with E-state index >= 15 is 0 Å². The average molecular weight is 304 g/mol. The van der Waals surface area contributed by atoms with Gasteiger partial charge in [0.1, 0.15) is 0 Å². The molecule has 0 radical (unpaired) electrons. The summed E-state index contributed by atoms with van der Waals surface area (Å²) in [6.45, 7) is 7.65. The number of aliphatic imine (C=N–C) groups is 2. The first kappa shape index (κ1) is 15.5. The molecule has 0 saturated carbocycles. The quantitative estimate of drug-likeness (QED) is 0.425. The maximum atomic E-state index is 10.5. The van der Waals surface area contributed by atoms with Gasteiger partial charge in [-0.3, -0.25) is 0 Å². The summed E-state index contributed by atoms with van der Waals surface area (Å²) in [5.41, 5.74) is 4.83. The van der Waals surface area contributed by atoms with Crippen LogP contribution in [0.5, 0.6) is 0 Å². The molecule has 0 aliphatic heterocycles. The lowest BCUT2D eigenvalue weighted by atomic mass is 9.94. The second kappa shape index (κ2) is 7.21. The Bertz CT molecular complexity index is 771. The Balaban J connectivity index is 2.77. The highest BCUT2D eigenvalue weighted by Gasteiger charge is 2.09. The van der Waals surface area contributed by atoms with Crippen LogP contribution in [-0.2, 0) is 4.79 Å². The van der Waals surface area contributed by atoms with Crippen molar-refractivity contribution in [3.05, 3.63) is 60.7 Å². The van der Waals surface area contributed by atoms with Crippen LogP contribution in [0.4, 0.5) is 11.4 Å². The zero-order valence-corrected chi connectivity index (χ0v) is 12.6. The van der Waals surface area contributed by atoms with E-state index in [9.17, 15) is 4.79 Å². The first-order valence-electron chi connectivity index (χ1n) is 6.42. The van der Waals surface area contributed by atoms with Gasteiger partial charge in [0, 0.05) is 0 Å². The lowest BCUT2D eigenvalue weighted by molar-refractivity contribution is 0.565. The van der Waals surface area contributed by atoms with Gasteiger partial charge < -0.3 is 0 Å². The SMILES string of the molecule is C=Cc1ccc(N=C=O)cc1-c1cc(N=C=S)ccc1C=C. The van der Waals surface area contributed by atoms with E-state index in [-0.39, 0.29) is 0 Å². The van der Waals surface area contributed by atoms with Crippen LogP contribution >= 0.6 is 12.2 Å². The molecule has 0 atom stereocenters. The highest BCUT2D eigenvalue weighted by molar-refractivity contribution is 7.78. The predicted octanol–water partition coefficient (Wildman–Crippen LogP) is 5.34. The highest BCUT2D eigenvalue weighted by atomic mass is 32.1. The number of nitrogens with zero attached hydrogens (tertiary/aromatic N) is 2. The predicted molar refractivity (Wildman–Crippen MR) is 94.5 cm³/mol. The molecule has 22 heavy (non-hydrogen) atoms. The molecule has 3 nitrogen and oxygen atoms in total. The molecule has 0 aromatic heterocycles. The third-order valence-corrected chi connectivity index (χ3v) is 3.24. The van der Waals surface area contributed by atoms with Crippen LogP contribution < -0.4 is 0 Å². The number of rotatable bonds is 5. The minimum absolute atomic E-state index is 0.523. The molecular weight excluding hydrogens is 292 g/mol. The van der Waals surface area contributed by atoms with Crippen LogP contribution in [0.25, 0.3) is 23.3 Å². The van der Waals surface area contributed by atoms with Gasteiger partial charge in [0.25, 0.3) is 0 Å². The van der Waals surface area contributed by atoms with Gasteiger partial charge in [0.05, 0.1) is 16.5 Å². The Labute approximate surface area is 134 Å². The molecule has 0 saturated heterocycles. The standard InChI is InChI=1S/C18H12N2OS/c1-3-13-5-7-15(19-11-21)9-17(13)18-10-16(20-12-22)8-6-14(18)4-2/h3-10H,1-2H2. The van der Waals surface area contributed by atoms with Gasteiger partial charge in [-0.2, -0.15) is 9.98 Å². The van der Waals surface area contributed by atoms with Crippen LogP contribution in [0.1, 0.15) is 11.1 Å². The lowest BCUT2D eigenvalue weighted by Crippen LogP contribution is -1.87. The van der Waals surface area contributed by atoms with E-state index in [1.807, 2.05) is 24.3 Å². The molecule has 4 heteroatoms. The number of thiocarbonyl (C=S) groups is 1. The van der Waals surface area contributed by atoms with E-state index in [2.05, 4.69) is 40.5 Å². The molecular formula is C18H12N2OS. The first-order chi connectivity index (χ1) is 10.7. The van der Waals surface area contributed by atoms with Crippen LogP contribution in [-0.4, -0.2) is 11.2 Å². The zero-order chi connectivity index (χ0) is 15.9. The fourth-order valence-corrected chi connectivity index (χ4v) is 2.26. The molecule has 0 unspecified atom stereocenters. The number of benzene rings is 2. The molecule has 0 aliphatic carbocycles. The zero-order valence-electron chi connectivity index (χ0n) is 11.7. The topological polar surface area (TPSA) is 41.8 Å². The number of isocyanates is 1. The number of hydrogen-bond acceptors (Lipinski definition) is 4. The molecule has 0 fully saturated rings. The molecule has 2 aromatic carbocycles. The minimum Gasteiger partial charge on any atom is -0.211 e. The Morgan fingerprint density at radius 3 is 1.82 bits per heavy atom. The Morgan fingerprint density at radius 2 is 1.41 bits per heavy atom. The van der Waals surface area contributed by atoms with Crippen LogP contribution in [0.15, 0.2) is 59.5 Å². The van der Waals surface area contributed by atoms with Crippen LogP contribution in [0.2, 0.25) is 0 Å². The third-order valence-electron chi connectivity index (χ3n) is 3.15. The Hall–Kier alpha value is -2.90. The van der Waals surface area contributed by atoms with Gasteiger partial charge in [-0.25, -0.2) is 4.79 Å². The van der Waals surface area contributed by atoms with Crippen molar-refractivity contribution < 1.29 is 4.79 Å². The van der Waals surface area contributed by atoms with Crippen molar-refractivity contribution in [1.82, 2.24) is 0 Å². The van der Waals surface area contributed by atoms with Crippen molar-refractivity contribution >= 4 is 47.0 Å². The fraction of sp³-hybridized carbons (Fsp3) is 0. The van der Waals surface area contributed by atoms with Crippen molar-refractivity contribution in [2.45, 2.75) is 0 Å². The molecule has 0 spiro atoms. The van der Waals surface area contributed by atoms with E-state index in [4.69, 9.17) is 0 Å². The number of carbonyl (C=O) groups excluding carboxylic acids is 1. The monoisotopic (exact) mass is 304 g/mol. The van der Waals surface area contributed by atoms with Gasteiger partial charge in [-0.1, -0.05) is 37.4 Å². The fourth-order valence-electron chi connectivity index (χ4n) is 2.16. The van der Waals surface area contributed by atoms with Crippen molar-refractivity contribution in [2.75, 3.05) is 0 Å². The summed E-state index contributed by atoms with van der Waals surface area (Å²) in [6, 6.07) is 11.0. The molecule has 106 valence electrons. The minimum atomic E-state index is 0.523. The largest absolute Gasteiger partial charge is 0.240 e. The summed E-state index contributed by atoms with van der Waals surface area (Å²) < 4.78 is 0. The normalized spacial score (nSPS) is 9.27. The third kappa shape index (κ3) is 3.22. The van der Waals surface area contributed by atoms with E-state index in [0.717, 1.165) is 22.3 Å². The highest BCUT2D eigenvalue weighted by Crippen LogP contribution is 2.34. The second-order valence-corrected chi connectivity index (χ2v) is 4.54. The first-order valence-corrected chi connectivity index (χ1v) is 6.83. The summed E-state index contributed by atoms with van der Waals surface area (Å²) in [6.07, 6.45) is 5.04. The van der Waals surface area contributed by atoms with Crippen LogP contribution in [0, 0.1) is 0 Å².